The van der Waals surface area contributed by atoms with Crippen molar-refractivity contribution in [1.82, 2.24) is 4.98 Å². The number of para-hydroxylation sites is 1. The van der Waals surface area contributed by atoms with Gasteiger partial charge in [-0.25, -0.2) is 4.98 Å². The fraction of sp³-hybridized carbons (Fsp3) is 0.111. The van der Waals surface area contributed by atoms with Crippen LogP contribution in [-0.4, -0.2) is 17.5 Å². The maximum Gasteiger partial charge on any atom is 0.327 e. The quantitative estimate of drug-likeness (QED) is 0.752. The van der Waals surface area contributed by atoms with Gasteiger partial charge in [0.2, 0.25) is 0 Å². The van der Waals surface area contributed by atoms with E-state index in [9.17, 15) is 4.79 Å². The van der Waals surface area contributed by atoms with Gasteiger partial charge in [0.15, 0.2) is 0 Å². The Bertz CT molecular complexity index is 434. The smallest absolute Gasteiger partial charge is 0.327 e. The van der Waals surface area contributed by atoms with Gasteiger partial charge >= 0.3 is 5.97 Å². The van der Waals surface area contributed by atoms with Crippen molar-refractivity contribution in [2.24, 2.45) is 5.73 Å². The molecule has 0 aliphatic rings. The van der Waals surface area contributed by atoms with E-state index in [4.69, 9.17) is 10.5 Å². The Labute approximate surface area is 84.3 Å². The Hall–Kier alpha value is -1.46. The predicted molar refractivity (Wildman–Crippen MR) is 54.3 cm³/mol. The molecule has 0 saturated heterocycles. The lowest BCUT2D eigenvalue weighted by Crippen LogP contribution is -2.19. The second kappa shape index (κ2) is 3.73. The van der Waals surface area contributed by atoms with Crippen LogP contribution < -0.4 is 10.5 Å². The minimum absolute atomic E-state index is 0.129. The van der Waals surface area contributed by atoms with Gasteiger partial charge in [-0.15, -0.1) is 0 Å². The standard InChI is InChI=1S/C9H8N2O2S/c10-5-8(12)13-9-11-6-3-1-2-4-7(6)14-9/h1-4H,5,10H2. The van der Waals surface area contributed by atoms with Gasteiger partial charge in [-0.2, -0.15) is 0 Å². The Morgan fingerprint density at radius 1 is 1.50 bits per heavy atom. The summed E-state index contributed by atoms with van der Waals surface area (Å²) in [6.45, 7) is -0.129. The molecule has 2 N–H and O–H groups in total. The van der Waals surface area contributed by atoms with E-state index in [2.05, 4.69) is 4.98 Å². The van der Waals surface area contributed by atoms with Gasteiger partial charge in [0, 0.05) is 0 Å². The number of rotatable bonds is 2. The Morgan fingerprint density at radius 3 is 3.00 bits per heavy atom. The molecular formula is C9H8N2O2S. The van der Waals surface area contributed by atoms with E-state index in [-0.39, 0.29) is 6.54 Å². The molecule has 0 fully saturated rings. The zero-order valence-electron chi connectivity index (χ0n) is 7.27. The zero-order chi connectivity index (χ0) is 9.97. The summed E-state index contributed by atoms with van der Waals surface area (Å²) < 4.78 is 5.88. The number of nitrogens with zero attached hydrogens (tertiary/aromatic N) is 1. The number of thiazole rings is 1. The first kappa shape index (κ1) is 9.11. The van der Waals surface area contributed by atoms with Crippen LogP contribution in [0.3, 0.4) is 0 Å². The summed E-state index contributed by atoms with van der Waals surface area (Å²) in [5.74, 6) is -0.468. The summed E-state index contributed by atoms with van der Waals surface area (Å²) in [7, 11) is 0. The highest BCUT2D eigenvalue weighted by molar-refractivity contribution is 7.20. The summed E-state index contributed by atoms with van der Waals surface area (Å²) in [6.07, 6.45) is 0. The molecule has 0 aliphatic heterocycles. The molecule has 5 heteroatoms. The molecular weight excluding hydrogens is 200 g/mol. The van der Waals surface area contributed by atoms with E-state index in [0.717, 1.165) is 10.2 Å². The third kappa shape index (κ3) is 1.73. The molecule has 14 heavy (non-hydrogen) atoms. The summed E-state index contributed by atoms with van der Waals surface area (Å²) >= 11 is 1.33. The van der Waals surface area contributed by atoms with Crippen LogP contribution in [0.25, 0.3) is 10.2 Å². The van der Waals surface area contributed by atoms with Crippen molar-refractivity contribution in [3.8, 4) is 5.19 Å². The molecule has 2 aromatic rings. The highest BCUT2D eigenvalue weighted by Crippen LogP contribution is 2.27. The van der Waals surface area contributed by atoms with Gasteiger partial charge in [-0.05, 0) is 12.1 Å². The van der Waals surface area contributed by atoms with Gasteiger partial charge in [-0.3, -0.25) is 4.79 Å². The first-order valence-electron chi connectivity index (χ1n) is 4.06. The molecule has 0 atom stereocenters. The van der Waals surface area contributed by atoms with Crippen LogP contribution in [0.15, 0.2) is 24.3 Å². The molecule has 0 unspecified atom stereocenters. The van der Waals surface area contributed by atoms with E-state index in [1.54, 1.807) is 0 Å². The van der Waals surface area contributed by atoms with E-state index >= 15 is 0 Å². The number of hydrogen-bond donors (Lipinski definition) is 1. The van der Waals surface area contributed by atoms with Gasteiger partial charge in [0.1, 0.15) is 0 Å². The first-order valence-corrected chi connectivity index (χ1v) is 4.87. The molecule has 1 aromatic heterocycles. The molecule has 0 bridgehead atoms. The lowest BCUT2D eigenvalue weighted by Gasteiger charge is -1.94. The van der Waals surface area contributed by atoms with Crippen LogP contribution in [0.4, 0.5) is 0 Å². The van der Waals surface area contributed by atoms with Crippen molar-refractivity contribution in [2.75, 3.05) is 6.54 Å². The van der Waals surface area contributed by atoms with E-state index < -0.39 is 5.97 Å². The van der Waals surface area contributed by atoms with Gasteiger partial charge < -0.3 is 10.5 Å². The van der Waals surface area contributed by atoms with Crippen molar-refractivity contribution >= 4 is 27.5 Å². The van der Waals surface area contributed by atoms with Crippen molar-refractivity contribution in [1.29, 1.82) is 0 Å². The largest absolute Gasteiger partial charge is 0.397 e. The second-order valence-electron chi connectivity index (χ2n) is 2.63. The number of fused-ring (bicyclic) bond motifs is 1. The highest BCUT2D eigenvalue weighted by atomic mass is 32.1. The van der Waals surface area contributed by atoms with Crippen LogP contribution in [0.2, 0.25) is 0 Å². The lowest BCUT2D eigenvalue weighted by molar-refractivity contribution is -0.132. The highest BCUT2D eigenvalue weighted by Gasteiger charge is 2.07. The number of benzene rings is 1. The molecule has 1 aromatic carbocycles. The van der Waals surface area contributed by atoms with Crippen LogP contribution in [0.5, 0.6) is 5.19 Å². The number of carbonyl (C=O) groups is 1. The molecule has 0 aliphatic carbocycles. The van der Waals surface area contributed by atoms with Crippen molar-refractivity contribution in [3.63, 3.8) is 0 Å². The third-order valence-electron chi connectivity index (χ3n) is 1.64. The average molecular weight is 208 g/mol. The number of nitrogens with two attached hydrogens (primary N) is 1. The number of esters is 1. The normalized spacial score (nSPS) is 10.4. The zero-order valence-corrected chi connectivity index (χ0v) is 8.08. The topological polar surface area (TPSA) is 65.2 Å². The molecule has 2 rings (SSSR count). The Morgan fingerprint density at radius 2 is 2.29 bits per heavy atom. The molecule has 1 heterocycles. The fourth-order valence-electron chi connectivity index (χ4n) is 1.03. The number of aromatic nitrogens is 1. The average Bonchev–Trinajstić information content (AvgIpc) is 2.59. The molecule has 0 radical (unpaired) electrons. The Kier molecular flexibility index (Phi) is 2.43. The van der Waals surface area contributed by atoms with Gasteiger partial charge in [0.25, 0.3) is 5.19 Å². The predicted octanol–water partition coefficient (Wildman–Crippen LogP) is 1.16. The monoisotopic (exact) mass is 208 g/mol. The minimum atomic E-state index is -0.468. The Balaban J connectivity index is 2.31. The second-order valence-corrected chi connectivity index (χ2v) is 3.62. The maximum absolute atomic E-state index is 10.9. The SMILES string of the molecule is NCC(=O)Oc1nc2ccccc2s1. The maximum atomic E-state index is 10.9. The van der Waals surface area contributed by atoms with Gasteiger partial charge in [-0.1, -0.05) is 23.5 Å². The molecule has 0 saturated carbocycles. The van der Waals surface area contributed by atoms with Gasteiger partial charge in [0.05, 0.1) is 16.8 Å². The van der Waals surface area contributed by atoms with Crippen molar-refractivity contribution < 1.29 is 9.53 Å². The van der Waals surface area contributed by atoms with E-state index in [1.807, 2.05) is 24.3 Å². The molecule has 72 valence electrons. The lowest BCUT2D eigenvalue weighted by atomic mass is 10.3. The number of hydrogen-bond acceptors (Lipinski definition) is 5. The van der Waals surface area contributed by atoms with Crippen LogP contribution >= 0.6 is 11.3 Å². The summed E-state index contributed by atoms with van der Waals surface area (Å²) in [5.41, 5.74) is 5.95. The van der Waals surface area contributed by atoms with E-state index in [1.165, 1.54) is 11.3 Å². The number of carbonyl (C=O) groups excluding carboxylic acids is 1. The summed E-state index contributed by atoms with van der Waals surface area (Å²) in [4.78, 5) is 15.0. The van der Waals surface area contributed by atoms with Crippen LogP contribution in [-0.2, 0) is 4.79 Å². The van der Waals surface area contributed by atoms with Crippen molar-refractivity contribution in [3.05, 3.63) is 24.3 Å². The van der Waals surface area contributed by atoms with Crippen LogP contribution in [0, 0.1) is 0 Å². The number of ether oxygens (including phenoxy) is 1. The van der Waals surface area contributed by atoms with E-state index in [0.29, 0.717) is 5.19 Å². The third-order valence-corrected chi connectivity index (χ3v) is 2.56. The summed E-state index contributed by atoms with van der Waals surface area (Å²) in [5, 5.41) is 0.349. The minimum Gasteiger partial charge on any atom is -0.397 e. The summed E-state index contributed by atoms with van der Waals surface area (Å²) in [6, 6.07) is 7.59. The fourth-order valence-corrected chi connectivity index (χ4v) is 1.87. The molecule has 0 spiro atoms. The van der Waals surface area contributed by atoms with Crippen molar-refractivity contribution in [2.45, 2.75) is 0 Å². The molecule has 0 amide bonds. The molecule has 4 nitrogen and oxygen atoms in total. The van der Waals surface area contributed by atoms with Crippen LogP contribution in [0.1, 0.15) is 0 Å². The first-order chi connectivity index (χ1) is 6.79.